The molecule has 0 bridgehead atoms. The maximum atomic E-state index is 13.7. The van der Waals surface area contributed by atoms with Gasteiger partial charge < -0.3 is 9.84 Å². The Labute approximate surface area is 158 Å². The van der Waals surface area contributed by atoms with Crippen LogP contribution < -0.4 is 4.74 Å². The van der Waals surface area contributed by atoms with Crippen LogP contribution in [0.3, 0.4) is 0 Å². The van der Waals surface area contributed by atoms with Gasteiger partial charge in [0.25, 0.3) is 0 Å². The van der Waals surface area contributed by atoms with Gasteiger partial charge in [-0.05, 0) is 72.6 Å². The monoisotopic (exact) mass is 358 g/mol. The molecule has 5 atom stereocenters. The van der Waals surface area contributed by atoms with Crippen molar-refractivity contribution < 1.29 is 14.6 Å². The summed E-state index contributed by atoms with van der Waals surface area (Å²) >= 11 is 0. The smallest absolute Gasteiger partial charge is 0.167 e. The van der Waals surface area contributed by atoms with Gasteiger partial charge in [-0.2, -0.15) is 0 Å². The average Bonchev–Trinajstić information content (AvgIpc) is 2.56. The average molecular weight is 359 g/mol. The van der Waals surface area contributed by atoms with Gasteiger partial charge in [-0.3, -0.25) is 4.79 Å². The number of benzene rings is 1. The van der Waals surface area contributed by atoms with Crippen LogP contribution in [0.5, 0.6) is 5.75 Å². The van der Waals surface area contributed by atoms with Crippen molar-refractivity contribution in [1.29, 1.82) is 0 Å². The summed E-state index contributed by atoms with van der Waals surface area (Å²) in [7, 11) is 1.64. The lowest BCUT2D eigenvalue weighted by molar-refractivity contribution is -0.125. The van der Waals surface area contributed by atoms with Crippen molar-refractivity contribution in [3.05, 3.63) is 29.3 Å². The van der Waals surface area contributed by atoms with Crippen LogP contribution in [0.15, 0.2) is 18.2 Å². The molecule has 3 rings (SSSR count). The molecular formula is C23H34O3. The number of ether oxygens (including phenoxy) is 1. The zero-order valence-corrected chi connectivity index (χ0v) is 17.1. The molecule has 0 spiro atoms. The summed E-state index contributed by atoms with van der Waals surface area (Å²) in [6.45, 7) is 11.0. The number of aliphatic hydroxyl groups excluding tert-OH is 1. The van der Waals surface area contributed by atoms with Crippen LogP contribution in [0.2, 0.25) is 0 Å². The summed E-state index contributed by atoms with van der Waals surface area (Å²) in [6.07, 6.45) is 3.80. The molecule has 0 aromatic heterocycles. The van der Waals surface area contributed by atoms with Gasteiger partial charge in [0.1, 0.15) is 5.75 Å². The third-order valence-electron chi connectivity index (χ3n) is 7.45. The van der Waals surface area contributed by atoms with Crippen molar-refractivity contribution >= 4 is 5.78 Å². The van der Waals surface area contributed by atoms with Gasteiger partial charge in [-0.1, -0.05) is 34.1 Å². The summed E-state index contributed by atoms with van der Waals surface area (Å²) < 4.78 is 5.38. The molecule has 3 heteroatoms. The zero-order valence-electron chi connectivity index (χ0n) is 17.1. The van der Waals surface area contributed by atoms with Crippen molar-refractivity contribution in [3.63, 3.8) is 0 Å². The highest BCUT2D eigenvalue weighted by Gasteiger charge is 2.58. The fraction of sp³-hybridized carbons (Fsp3) is 0.696. The SMILES string of the molecule is COc1cc(C)cc(C(=O)C2C(C)C(O)CC3C(C)(C)CCCC23C)c1. The number of Topliss-reactive ketones (excluding diaryl/α,β-unsaturated/α-hetero) is 1. The molecule has 0 heterocycles. The third-order valence-corrected chi connectivity index (χ3v) is 7.45. The first-order chi connectivity index (χ1) is 12.1. The Morgan fingerprint density at radius 1 is 1.19 bits per heavy atom. The van der Waals surface area contributed by atoms with Gasteiger partial charge in [0, 0.05) is 11.5 Å². The van der Waals surface area contributed by atoms with Gasteiger partial charge in [-0.25, -0.2) is 0 Å². The minimum atomic E-state index is -0.411. The maximum Gasteiger partial charge on any atom is 0.167 e. The number of methoxy groups -OCH3 is 1. The molecule has 26 heavy (non-hydrogen) atoms. The molecule has 1 N–H and O–H groups in total. The fourth-order valence-corrected chi connectivity index (χ4v) is 6.13. The third kappa shape index (κ3) is 3.09. The number of ketones is 1. The first kappa shape index (κ1) is 19.4. The van der Waals surface area contributed by atoms with Crippen LogP contribution in [0.1, 0.15) is 69.3 Å². The summed E-state index contributed by atoms with van der Waals surface area (Å²) in [5, 5.41) is 10.8. The van der Waals surface area contributed by atoms with Crippen LogP contribution in [0.25, 0.3) is 0 Å². The van der Waals surface area contributed by atoms with E-state index in [9.17, 15) is 9.90 Å². The van der Waals surface area contributed by atoms with Crippen molar-refractivity contribution in [2.75, 3.05) is 7.11 Å². The summed E-state index contributed by atoms with van der Waals surface area (Å²) in [5.41, 5.74) is 1.85. The molecule has 0 aliphatic heterocycles. The molecule has 1 aromatic carbocycles. The standard InChI is InChI=1S/C23H34O3/c1-14-10-16(12-17(11-14)26-6)21(25)20-15(2)18(24)13-19-22(3,4)8-7-9-23(19,20)5/h10-12,15,18-20,24H,7-9,13H2,1-6H3. The Morgan fingerprint density at radius 2 is 1.88 bits per heavy atom. The highest BCUT2D eigenvalue weighted by molar-refractivity contribution is 5.99. The second kappa shape index (κ2) is 6.67. The number of hydrogen-bond donors (Lipinski definition) is 1. The summed E-state index contributed by atoms with van der Waals surface area (Å²) in [5.74, 6) is 1.09. The Kier molecular flexibility index (Phi) is 4.98. The lowest BCUT2D eigenvalue weighted by atomic mass is 9.45. The van der Waals surface area contributed by atoms with E-state index in [1.807, 2.05) is 25.1 Å². The number of rotatable bonds is 3. The number of fused-ring (bicyclic) bond motifs is 1. The number of carbonyl (C=O) groups excluding carboxylic acids is 1. The molecule has 1 aromatic rings. The van der Waals surface area contributed by atoms with E-state index in [4.69, 9.17) is 4.74 Å². The van der Waals surface area contributed by atoms with Crippen molar-refractivity contribution in [3.8, 4) is 5.75 Å². The van der Waals surface area contributed by atoms with Crippen LogP contribution >= 0.6 is 0 Å². The molecule has 0 radical (unpaired) electrons. The molecule has 5 unspecified atom stereocenters. The predicted molar refractivity (Wildman–Crippen MR) is 105 cm³/mol. The van der Waals surface area contributed by atoms with Gasteiger partial charge in [0.15, 0.2) is 5.78 Å². The minimum Gasteiger partial charge on any atom is -0.497 e. The molecular weight excluding hydrogens is 324 g/mol. The Balaban J connectivity index is 2.05. The second-order valence-corrected chi connectivity index (χ2v) is 9.64. The largest absolute Gasteiger partial charge is 0.497 e. The van der Waals surface area contributed by atoms with Crippen molar-refractivity contribution in [2.24, 2.45) is 28.6 Å². The highest BCUT2D eigenvalue weighted by Crippen LogP contribution is 2.61. The number of aryl methyl sites for hydroxylation is 1. The predicted octanol–water partition coefficient (Wildman–Crippen LogP) is 5.04. The minimum absolute atomic E-state index is 0.0239. The van der Waals surface area contributed by atoms with Crippen LogP contribution in [-0.4, -0.2) is 24.1 Å². The van der Waals surface area contributed by atoms with E-state index in [1.54, 1.807) is 7.11 Å². The molecule has 2 aliphatic rings. The van der Waals surface area contributed by atoms with Crippen LogP contribution in [0.4, 0.5) is 0 Å². The normalized spacial score (nSPS) is 36.3. The molecule has 144 valence electrons. The second-order valence-electron chi connectivity index (χ2n) is 9.64. The Hall–Kier alpha value is -1.35. The molecule has 2 aliphatic carbocycles. The van der Waals surface area contributed by atoms with E-state index in [1.165, 1.54) is 6.42 Å². The van der Waals surface area contributed by atoms with Crippen LogP contribution in [0, 0.1) is 35.5 Å². The number of carbonyl (C=O) groups is 1. The molecule has 2 fully saturated rings. The van der Waals surface area contributed by atoms with Gasteiger partial charge in [0.2, 0.25) is 0 Å². The number of aliphatic hydroxyl groups is 1. The van der Waals surface area contributed by atoms with Crippen LogP contribution in [-0.2, 0) is 0 Å². The summed E-state index contributed by atoms with van der Waals surface area (Å²) in [6, 6.07) is 5.77. The van der Waals surface area contributed by atoms with Gasteiger partial charge >= 0.3 is 0 Å². The molecule has 3 nitrogen and oxygen atoms in total. The van der Waals surface area contributed by atoms with E-state index in [-0.39, 0.29) is 28.4 Å². The first-order valence-corrected chi connectivity index (χ1v) is 9.98. The first-order valence-electron chi connectivity index (χ1n) is 9.98. The highest BCUT2D eigenvalue weighted by atomic mass is 16.5. The topological polar surface area (TPSA) is 46.5 Å². The van der Waals surface area contributed by atoms with Crippen molar-refractivity contribution in [2.45, 2.75) is 66.4 Å². The molecule has 2 saturated carbocycles. The zero-order chi connectivity index (χ0) is 19.3. The maximum absolute atomic E-state index is 13.7. The molecule has 0 amide bonds. The van der Waals surface area contributed by atoms with Gasteiger partial charge in [0.05, 0.1) is 13.2 Å². The Bertz CT molecular complexity index is 693. The van der Waals surface area contributed by atoms with Gasteiger partial charge in [-0.15, -0.1) is 0 Å². The van der Waals surface area contributed by atoms with E-state index in [2.05, 4.69) is 27.7 Å². The van der Waals surface area contributed by atoms with Crippen molar-refractivity contribution in [1.82, 2.24) is 0 Å². The summed E-state index contributed by atoms with van der Waals surface area (Å²) in [4.78, 5) is 13.7. The number of hydrogen-bond acceptors (Lipinski definition) is 3. The molecule has 0 saturated heterocycles. The van der Waals surface area contributed by atoms with E-state index < -0.39 is 6.10 Å². The van der Waals surface area contributed by atoms with E-state index >= 15 is 0 Å². The quantitative estimate of drug-likeness (QED) is 0.770. The lowest BCUT2D eigenvalue weighted by Gasteiger charge is -2.59. The fourth-order valence-electron chi connectivity index (χ4n) is 6.13. The lowest BCUT2D eigenvalue weighted by Crippen LogP contribution is -2.57. The van der Waals surface area contributed by atoms with E-state index in [0.29, 0.717) is 5.92 Å². The Morgan fingerprint density at radius 3 is 2.54 bits per heavy atom. The van der Waals surface area contributed by atoms with E-state index in [0.717, 1.165) is 36.1 Å².